The Bertz CT molecular complexity index is 526. The van der Waals surface area contributed by atoms with Crippen LogP contribution in [0.15, 0.2) is 42.0 Å². The normalized spacial score (nSPS) is 15.2. The van der Waals surface area contributed by atoms with Crippen molar-refractivity contribution >= 4 is 17.6 Å². The Labute approximate surface area is 124 Å². The number of carbonyl (C=O) groups excluding carboxylic acids is 2. The zero-order valence-electron chi connectivity index (χ0n) is 12.2. The maximum atomic E-state index is 11.9. The van der Waals surface area contributed by atoms with E-state index in [1.807, 2.05) is 36.4 Å². The first-order chi connectivity index (χ1) is 10.2. The highest BCUT2D eigenvalue weighted by molar-refractivity contribution is 5.91. The van der Waals surface area contributed by atoms with Crippen molar-refractivity contribution in [1.82, 2.24) is 4.90 Å². The van der Waals surface area contributed by atoms with Gasteiger partial charge in [0.15, 0.2) is 0 Å². The molecular weight excluding hydrogens is 268 g/mol. The van der Waals surface area contributed by atoms with Crippen molar-refractivity contribution in [2.24, 2.45) is 0 Å². The monoisotopic (exact) mass is 288 g/mol. The van der Waals surface area contributed by atoms with E-state index in [2.05, 4.69) is 10.2 Å². The van der Waals surface area contributed by atoms with Gasteiger partial charge in [0.2, 0.25) is 5.91 Å². The highest BCUT2D eigenvalue weighted by Gasteiger charge is 2.18. The fourth-order valence-electron chi connectivity index (χ4n) is 2.28. The van der Waals surface area contributed by atoms with Crippen molar-refractivity contribution in [3.05, 3.63) is 42.0 Å². The summed E-state index contributed by atoms with van der Waals surface area (Å²) in [6.07, 6.45) is 3.13. The van der Waals surface area contributed by atoms with Crippen LogP contribution in [-0.4, -0.2) is 43.5 Å². The number of amides is 1. The molecule has 0 aliphatic carbocycles. The molecule has 1 amide bonds. The molecule has 1 aliphatic rings. The maximum Gasteiger partial charge on any atom is 0.334 e. The van der Waals surface area contributed by atoms with Gasteiger partial charge in [-0.3, -0.25) is 9.69 Å². The van der Waals surface area contributed by atoms with E-state index in [0.717, 1.165) is 18.7 Å². The highest BCUT2D eigenvalue weighted by Crippen LogP contribution is 2.12. The lowest BCUT2D eigenvalue weighted by Crippen LogP contribution is -2.34. The van der Waals surface area contributed by atoms with Crippen LogP contribution < -0.4 is 5.32 Å². The van der Waals surface area contributed by atoms with Gasteiger partial charge in [-0.25, -0.2) is 4.79 Å². The summed E-state index contributed by atoms with van der Waals surface area (Å²) in [6.45, 7) is 2.04. The number of methoxy groups -OCH3 is 1. The lowest BCUT2D eigenvalue weighted by molar-refractivity contribution is -0.136. The number of nitrogens with zero attached hydrogens (tertiary/aromatic N) is 1. The Morgan fingerprint density at radius 1 is 1.29 bits per heavy atom. The van der Waals surface area contributed by atoms with Gasteiger partial charge in [0.1, 0.15) is 0 Å². The van der Waals surface area contributed by atoms with Gasteiger partial charge in [-0.05, 0) is 18.6 Å². The smallest absolute Gasteiger partial charge is 0.334 e. The number of para-hydroxylation sites is 1. The lowest BCUT2D eigenvalue weighted by atomic mass is 10.1. The summed E-state index contributed by atoms with van der Waals surface area (Å²) < 4.78 is 4.73. The van der Waals surface area contributed by atoms with Crippen LogP contribution in [0.25, 0.3) is 0 Å². The number of hydrogen-bond donors (Lipinski definition) is 1. The largest absolute Gasteiger partial charge is 0.466 e. The van der Waals surface area contributed by atoms with Crippen LogP contribution >= 0.6 is 0 Å². The van der Waals surface area contributed by atoms with Crippen LogP contribution in [0, 0.1) is 0 Å². The van der Waals surface area contributed by atoms with Gasteiger partial charge < -0.3 is 10.1 Å². The van der Waals surface area contributed by atoms with Crippen molar-refractivity contribution in [2.45, 2.75) is 12.8 Å². The molecule has 0 atom stereocenters. The van der Waals surface area contributed by atoms with Gasteiger partial charge in [-0.1, -0.05) is 24.3 Å². The summed E-state index contributed by atoms with van der Waals surface area (Å²) in [5.41, 5.74) is 1.48. The van der Waals surface area contributed by atoms with Crippen LogP contribution in [-0.2, 0) is 14.3 Å². The standard InChI is InChI=1S/C16H20N2O3/c1-21-16(20)13-6-5-10-18(12-13)11-9-15(19)17-14-7-3-2-4-8-14/h2-4,6-8H,5,9-12H2,1H3,(H,17,19). The molecule has 0 unspecified atom stereocenters. The topological polar surface area (TPSA) is 58.6 Å². The van der Waals surface area contributed by atoms with Crippen molar-refractivity contribution < 1.29 is 14.3 Å². The van der Waals surface area contributed by atoms with E-state index >= 15 is 0 Å². The van der Waals surface area contributed by atoms with Crippen LogP contribution in [0.2, 0.25) is 0 Å². The van der Waals surface area contributed by atoms with Crippen LogP contribution in [0.1, 0.15) is 12.8 Å². The van der Waals surface area contributed by atoms with Crippen molar-refractivity contribution in [2.75, 3.05) is 32.1 Å². The van der Waals surface area contributed by atoms with Gasteiger partial charge in [-0.2, -0.15) is 0 Å². The molecule has 21 heavy (non-hydrogen) atoms. The minimum atomic E-state index is -0.284. The average Bonchev–Trinajstić information content (AvgIpc) is 2.53. The number of hydrogen-bond acceptors (Lipinski definition) is 4. The number of benzene rings is 1. The second-order valence-electron chi connectivity index (χ2n) is 4.95. The number of carbonyl (C=O) groups is 2. The van der Waals surface area contributed by atoms with E-state index in [0.29, 0.717) is 25.1 Å². The number of ether oxygens (including phenoxy) is 1. The quantitative estimate of drug-likeness (QED) is 0.840. The molecule has 0 saturated carbocycles. The Morgan fingerprint density at radius 3 is 2.76 bits per heavy atom. The van der Waals surface area contributed by atoms with Crippen LogP contribution in [0.3, 0.4) is 0 Å². The molecule has 0 spiro atoms. The molecule has 1 heterocycles. The predicted octanol–water partition coefficient (Wildman–Crippen LogP) is 1.82. The molecular formula is C16H20N2O3. The molecule has 1 aliphatic heterocycles. The zero-order chi connectivity index (χ0) is 15.1. The summed E-state index contributed by atoms with van der Waals surface area (Å²) in [5, 5.41) is 2.85. The molecule has 1 aromatic carbocycles. The molecule has 1 N–H and O–H groups in total. The van der Waals surface area contributed by atoms with Gasteiger partial charge in [0.25, 0.3) is 0 Å². The first-order valence-corrected chi connectivity index (χ1v) is 7.03. The maximum absolute atomic E-state index is 11.9. The van der Waals surface area contributed by atoms with E-state index in [4.69, 9.17) is 4.74 Å². The number of nitrogens with one attached hydrogen (secondary N) is 1. The molecule has 0 aromatic heterocycles. The predicted molar refractivity (Wildman–Crippen MR) is 80.8 cm³/mol. The second-order valence-corrected chi connectivity index (χ2v) is 4.95. The van der Waals surface area contributed by atoms with E-state index in [1.54, 1.807) is 0 Å². The molecule has 112 valence electrons. The SMILES string of the molecule is COC(=O)C1=CCCN(CCC(=O)Nc2ccccc2)C1. The minimum absolute atomic E-state index is 0.0182. The Kier molecular flexibility index (Phi) is 5.51. The summed E-state index contributed by atoms with van der Waals surface area (Å²) in [7, 11) is 1.38. The van der Waals surface area contributed by atoms with Gasteiger partial charge in [0.05, 0.1) is 7.11 Å². The number of rotatable bonds is 5. The molecule has 5 heteroatoms. The zero-order valence-corrected chi connectivity index (χ0v) is 12.2. The molecule has 0 saturated heterocycles. The minimum Gasteiger partial charge on any atom is -0.466 e. The molecule has 0 fully saturated rings. The van der Waals surface area contributed by atoms with Crippen molar-refractivity contribution in [3.63, 3.8) is 0 Å². The Balaban J connectivity index is 1.77. The van der Waals surface area contributed by atoms with Crippen molar-refractivity contribution in [1.29, 1.82) is 0 Å². The van der Waals surface area contributed by atoms with Gasteiger partial charge in [-0.15, -0.1) is 0 Å². The second kappa shape index (κ2) is 7.59. The van der Waals surface area contributed by atoms with Gasteiger partial charge >= 0.3 is 5.97 Å². The highest BCUT2D eigenvalue weighted by atomic mass is 16.5. The fraction of sp³-hybridized carbons (Fsp3) is 0.375. The first kappa shape index (κ1) is 15.3. The third kappa shape index (κ3) is 4.72. The third-order valence-corrected chi connectivity index (χ3v) is 3.39. The number of anilines is 1. The summed E-state index contributed by atoms with van der Waals surface area (Å²) in [6, 6.07) is 9.39. The third-order valence-electron chi connectivity index (χ3n) is 3.39. The lowest BCUT2D eigenvalue weighted by Gasteiger charge is -2.25. The summed E-state index contributed by atoms with van der Waals surface area (Å²) in [4.78, 5) is 25.5. The fourth-order valence-corrected chi connectivity index (χ4v) is 2.28. The molecule has 0 bridgehead atoms. The summed E-state index contributed by atoms with van der Waals surface area (Å²) >= 11 is 0. The molecule has 0 radical (unpaired) electrons. The van der Waals surface area contributed by atoms with E-state index in [9.17, 15) is 9.59 Å². The van der Waals surface area contributed by atoms with Crippen LogP contribution in [0.4, 0.5) is 5.69 Å². The summed E-state index contributed by atoms with van der Waals surface area (Å²) in [5.74, 6) is -0.302. The van der Waals surface area contributed by atoms with Crippen molar-refractivity contribution in [3.8, 4) is 0 Å². The Morgan fingerprint density at radius 2 is 2.05 bits per heavy atom. The Hall–Kier alpha value is -2.14. The average molecular weight is 288 g/mol. The van der Waals surface area contributed by atoms with Gasteiger partial charge in [0, 0.05) is 37.3 Å². The van der Waals surface area contributed by atoms with E-state index in [1.165, 1.54) is 7.11 Å². The molecule has 5 nitrogen and oxygen atoms in total. The molecule has 2 rings (SSSR count). The van der Waals surface area contributed by atoms with E-state index < -0.39 is 0 Å². The number of esters is 1. The van der Waals surface area contributed by atoms with E-state index in [-0.39, 0.29) is 11.9 Å². The first-order valence-electron chi connectivity index (χ1n) is 7.03. The van der Waals surface area contributed by atoms with Crippen LogP contribution in [0.5, 0.6) is 0 Å². The molecule has 1 aromatic rings.